The first-order valence-electron chi connectivity index (χ1n) is 8.39. The molecule has 1 aliphatic heterocycles. The second-order valence-corrected chi connectivity index (χ2v) is 6.46. The molecule has 142 valence electrons. The molecular weight excluding hydrogens is 358 g/mol. The molecule has 0 radical (unpaired) electrons. The first-order chi connectivity index (χ1) is 12.1. The highest BCUT2D eigenvalue weighted by Gasteiger charge is 2.32. The Balaban J connectivity index is 0.00000243. The number of hydrogen-bond donors (Lipinski definition) is 3. The van der Waals surface area contributed by atoms with E-state index in [0.29, 0.717) is 24.6 Å². The van der Waals surface area contributed by atoms with Crippen molar-refractivity contribution in [3.63, 3.8) is 0 Å². The molecule has 8 heteroatoms. The topological polar surface area (TPSA) is 96.4 Å². The zero-order chi connectivity index (χ0) is 17.7. The van der Waals surface area contributed by atoms with Crippen LogP contribution in [0.25, 0.3) is 11.5 Å². The van der Waals surface area contributed by atoms with Gasteiger partial charge >= 0.3 is 0 Å². The number of methoxy groups -OCH3 is 1. The monoisotopic (exact) mass is 381 g/mol. The normalized spacial score (nSPS) is 15.9. The molecule has 0 saturated carbocycles. The van der Waals surface area contributed by atoms with Crippen molar-refractivity contribution in [1.82, 2.24) is 15.6 Å². The molecule has 3 rings (SSSR count). The number of nitrogens with one attached hydrogen (secondary N) is 3. The number of carbonyl (C=O) groups excluding carboxylic acids is 1. The second-order valence-electron chi connectivity index (χ2n) is 6.46. The van der Waals surface area contributed by atoms with Gasteiger partial charge in [-0.05, 0) is 50.2 Å². The minimum Gasteiger partial charge on any atom is -0.463 e. The highest BCUT2D eigenvalue weighted by Crippen LogP contribution is 2.28. The predicted molar refractivity (Wildman–Crippen MR) is 101 cm³/mol. The van der Waals surface area contributed by atoms with Crippen LogP contribution in [0, 0.1) is 5.41 Å². The van der Waals surface area contributed by atoms with Crippen LogP contribution < -0.4 is 16.2 Å². The van der Waals surface area contributed by atoms with E-state index in [1.807, 2.05) is 0 Å². The summed E-state index contributed by atoms with van der Waals surface area (Å²) in [6.45, 7) is 2.87. The Morgan fingerprint density at radius 1 is 1.31 bits per heavy atom. The van der Waals surface area contributed by atoms with Gasteiger partial charge in [0, 0.05) is 19.1 Å². The fourth-order valence-corrected chi connectivity index (χ4v) is 3.23. The number of amides is 1. The molecule has 1 aliphatic rings. The van der Waals surface area contributed by atoms with Gasteiger partial charge in [-0.25, -0.2) is 0 Å². The maximum atomic E-state index is 12.4. The van der Waals surface area contributed by atoms with Crippen LogP contribution in [-0.4, -0.2) is 44.2 Å². The predicted octanol–water partition coefficient (Wildman–Crippen LogP) is 1.80. The first kappa shape index (κ1) is 20.2. The Morgan fingerprint density at radius 2 is 2.08 bits per heavy atom. The van der Waals surface area contributed by atoms with Crippen molar-refractivity contribution >= 4 is 18.3 Å². The summed E-state index contributed by atoms with van der Waals surface area (Å²) in [7, 11) is 1.67. The number of piperidine rings is 1. The molecule has 3 N–H and O–H groups in total. The summed E-state index contributed by atoms with van der Waals surface area (Å²) < 4.78 is 10.6. The molecule has 26 heavy (non-hydrogen) atoms. The van der Waals surface area contributed by atoms with Crippen molar-refractivity contribution in [2.75, 3.05) is 33.4 Å². The Kier molecular flexibility index (Phi) is 7.02. The molecule has 0 aromatic carbocycles. The van der Waals surface area contributed by atoms with Gasteiger partial charge in [0.05, 0.1) is 18.6 Å². The van der Waals surface area contributed by atoms with Gasteiger partial charge in [-0.1, -0.05) is 0 Å². The number of carbonyl (C=O) groups is 1. The van der Waals surface area contributed by atoms with Crippen LogP contribution in [-0.2, 0) is 4.74 Å². The third kappa shape index (κ3) is 4.55. The Hall–Kier alpha value is -2.09. The summed E-state index contributed by atoms with van der Waals surface area (Å²) in [4.78, 5) is 27.4. The van der Waals surface area contributed by atoms with E-state index >= 15 is 0 Å². The van der Waals surface area contributed by atoms with Crippen molar-refractivity contribution in [2.24, 2.45) is 5.41 Å². The Labute approximate surface area is 157 Å². The van der Waals surface area contributed by atoms with Gasteiger partial charge in [-0.15, -0.1) is 12.4 Å². The van der Waals surface area contributed by atoms with E-state index in [4.69, 9.17) is 9.15 Å². The van der Waals surface area contributed by atoms with E-state index in [2.05, 4.69) is 15.6 Å². The molecule has 0 atom stereocenters. The number of pyridine rings is 1. The van der Waals surface area contributed by atoms with Gasteiger partial charge in [-0.3, -0.25) is 9.59 Å². The van der Waals surface area contributed by atoms with Gasteiger partial charge in [0.15, 0.2) is 0 Å². The number of furan rings is 1. The molecule has 3 heterocycles. The second kappa shape index (κ2) is 9.02. The molecule has 1 amide bonds. The van der Waals surface area contributed by atoms with Crippen LogP contribution in [0.1, 0.15) is 23.2 Å². The van der Waals surface area contributed by atoms with Crippen LogP contribution in [0.15, 0.2) is 39.7 Å². The van der Waals surface area contributed by atoms with Gasteiger partial charge in [-0.2, -0.15) is 0 Å². The summed E-state index contributed by atoms with van der Waals surface area (Å²) in [6.07, 6.45) is 3.38. The number of aromatic amines is 1. The average molecular weight is 382 g/mol. The number of H-pyrrole nitrogens is 1. The molecule has 7 nitrogen and oxygen atoms in total. The van der Waals surface area contributed by atoms with Crippen molar-refractivity contribution < 1.29 is 13.9 Å². The van der Waals surface area contributed by atoms with E-state index < -0.39 is 5.56 Å². The standard InChI is InChI=1S/C18H23N3O4.ClH/c1-24-12-18(6-8-19-9-7-18)11-20-16(22)13-4-5-14(21-17(13)23)15-3-2-10-25-15;/h2-5,10,19H,6-9,11-12H2,1H3,(H,20,22)(H,21,23);1H. The molecule has 0 unspecified atom stereocenters. The third-order valence-corrected chi connectivity index (χ3v) is 4.68. The van der Waals surface area contributed by atoms with Crippen LogP contribution in [0.2, 0.25) is 0 Å². The molecule has 0 spiro atoms. The Morgan fingerprint density at radius 3 is 2.69 bits per heavy atom. The number of hydrogen-bond acceptors (Lipinski definition) is 5. The Bertz CT molecular complexity index is 761. The molecular formula is C18H24ClN3O4. The lowest BCUT2D eigenvalue weighted by Gasteiger charge is -2.37. The zero-order valence-corrected chi connectivity index (χ0v) is 15.5. The van der Waals surface area contributed by atoms with E-state index in [1.54, 1.807) is 25.3 Å². The van der Waals surface area contributed by atoms with Gasteiger partial charge in [0.25, 0.3) is 11.5 Å². The number of halogens is 1. The van der Waals surface area contributed by atoms with Crippen molar-refractivity contribution in [1.29, 1.82) is 0 Å². The van der Waals surface area contributed by atoms with Gasteiger partial charge in [0.1, 0.15) is 11.3 Å². The van der Waals surface area contributed by atoms with Crippen LogP contribution in [0.4, 0.5) is 0 Å². The lowest BCUT2D eigenvalue weighted by Crippen LogP contribution is -2.47. The molecule has 1 saturated heterocycles. The summed E-state index contributed by atoms with van der Waals surface area (Å²) in [5.41, 5.74) is 0.117. The van der Waals surface area contributed by atoms with Gasteiger partial charge in [0.2, 0.25) is 0 Å². The molecule has 2 aromatic rings. The third-order valence-electron chi connectivity index (χ3n) is 4.68. The minimum absolute atomic E-state index is 0. The fourth-order valence-electron chi connectivity index (χ4n) is 3.23. The van der Waals surface area contributed by atoms with E-state index in [9.17, 15) is 9.59 Å². The fraction of sp³-hybridized carbons (Fsp3) is 0.444. The van der Waals surface area contributed by atoms with E-state index in [1.165, 1.54) is 12.3 Å². The number of aromatic nitrogens is 1. The largest absolute Gasteiger partial charge is 0.463 e. The van der Waals surface area contributed by atoms with Crippen molar-refractivity contribution in [2.45, 2.75) is 12.8 Å². The van der Waals surface area contributed by atoms with E-state index in [-0.39, 0.29) is 29.3 Å². The lowest BCUT2D eigenvalue weighted by molar-refractivity contribution is 0.0511. The highest BCUT2D eigenvalue weighted by atomic mass is 35.5. The van der Waals surface area contributed by atoms with Crippen LogP contribution in [0.3, 0.4) is 0 Å². The summed E-state index contributed by atoms with van der Waals surface area (Å²) in [5, 5.41) is 6.21. The first-order valence-corrected chi connectivity index (χ1v) is 8.39. The number of rotatable bonds is 6. The zero-order valence-electron chi connectivity index (χ0n) is 14.7. The summed E-state index contributed by atoms with van der Waals surface area (Å²) in [6, 6.07) is 6.68. The molecule has 0 bridgehead atoms. The highest BCUT2D eigenvalue weighted by molar-refractivity contribution is 5.94. The van der Waals surface area contributed by atoms with E-state index in [0.717, 1.165) is 25.9 Å². The van der Waals surface area contributed by atoms with Crippen LogP contribution in [0.5, 0.6) is 0 Å². The SMILES string of the molecule is COCC1(CNC(=O)c2ccc(-c3ccco3)[nH]c2=O)CCNCC1.Cl. The maximum absolute atomic E-state index is 12.4. The summed E-state index contributed by atoms with van der Waals surface area (Å²) in [5.74, 6) is 0.180. The van der Waals surface area contributed by atoms with Gasteiger partial charge < -0.3 is 24.8 Å². The van der Waals surface area contributed by atoms with Crippen molar-refractivity contribution in [3.8, 4) is 11.5 Å². The number of ether oxygens (including phenoxy) is 1. The quantitative estimate of drug-likeness (QED) is 0.709. The average Bonchev–Trinajstić information content (AvgIpc) is 3.15. The van der Waals surface area contributed by atoms with Crippen molar-refractivity contribution in [3.05, 3.63) is 46.4 Å². The molecule has 1 fully saturated rings. The smallest absolute Gasteiger partial charge is 0.261 e. The summed E-state index contributed by atoms with van der Waals surface area (Å²) >= 11 is 0. The molecule has 2 aromatic heterocycles. The molecule has 0 aliphatic carbocycles. The lowest BCUT2D eigenvalue weighted by atomic mass is 9.79. The minimum atomic E-state index is -0.433. The maximum Gasteiger partial charge on any atom is 0.261 e. The van der Waals surface area contributed by atoms with Crippen LogP contribution >= 0.6 is 12.4 Å².